The second-order valence-corrected chi connectivity index (χ2v) is 3.63. The molecule has 0 fully saturated rings. The van der Waals surface area contributed by atoms with Crippen LogP contribution in [0.15, 0.2) is 24.3 Å². The van der Waals surface area contributed by atoms with Crippen LogP contribution in [0.5, 0.6) is 0 Å². The molecule has 0 amide bonds. The summed E-state index contributed by atoms with van der Waals surface area (Å²) in [6.07, 6.45) is 3.86. The van der Waals surface area contributed by atoms with Gasteiger partial charge in [0, 0.05) is 12.2 Å². The van der Waals surface area contributed by atoms with Gasteiger partial charge in [0.15, 0.2) is 0 Å². The number of hydrogen-bond acceptors (Lipinski definition) is 2. The topological polar surface area (TPSA) is 38.0 Å². The van der Waals surface area contributed by atoms with Crippen LogP contribution in [0.1, 0.15) is 31.7 Å². The van der Waals surface area contributed by atoms with Crippen LogP contribution < -0.4 is 11.1 Å². The Morgan fingerprint density at radius 3 is 2.50 bits per heavy atom. The molecule has 0 heterocycles. The van der Waals surface area contributed by atoms with Gasteiger partial charge in [0.05, 0.1) is 0 Å². The van der Waals surface area contributed by atoms with E-state index in [0.29, 0.717) is 0 Å². The van der Waals surface area contributed by atoms with Gasteiger partial charge >= 0.3 is 0 Å². The number of nitrogens with one attached hydrogen (secondary N) is 1. The third kappa shape index (κ3) is 4.28. The van der Waals surface area contributed by atoms with Gasteiger partial charge in [-0.2, -0.15) is 0 Å². The third-order valence-electron chi connectivity index (χ3n) is 2.27. The lowest BCUT2D eigenvalue weighted by Gasteiger charge is -2.04. The summed E-state index contributed by atoms with van der Waals surface area (Å²) in [4.78, 5) is 0. The maximum Gasteiger partial charge on any atom is 0.0314 e. The van der Waals surface area contributed by atoms with Crippen LogP contribution >= 0.6 is 0 Å². The van der Waals surface area contributed by atoms with E-state index in [1.807, 2.05) is 12.1 Å². The summed E-state index contributed by atoms with van der Waals surface area (Å²) in [6.45, 7) is 4.28. The molecule has 0 unspecified atom stereocenters. The molecule has 1 aromatic carbocycles. The van der Waals surface area contributed by atoms with Crippen molar-refractivity contribution in [2.24, 2.45) is 0 Å². The highest BCUT2D eigenvalue weighted by molar-refractivity contribution is 5.39. The van der Waals surface area contributed by atoms with Gasteiger partial charge < -0.3 is 11.1 Å². The van der Waals surface area contributed by atoms with E-state index in [1.165, 1.54) is 24.8 Å². The highest BCUT2D eigenvalue weighted by Crippen LogP contribution is 2.04. The third-order valence-corrected chi connectivity index (χ3v) is 2.27. The molecule has 0 bridgehead atoms. The molecule has 14 heavy (non-hydrogen) atoms. The van der Waals surface area contributed by atoms with E-state index in [9.17, 15) is 0 Å². The standard InChI is InChI=1S/C12H20N2/c1-2-3-4-9-14-10-11-5-7-12(13)8-6-11/h5-8,14H,2-4,9-10,13H2,1H3. The minimum atomic E-state index is 0.833. The van der Waals surface area contributed by atoms with Crippen molar-refractivity contribution in [3.63, 3.8) is 0 Å². The number of hydrogen-bond donors (Lipinski definition) is 2. The Morgan fingerprint density at radius 2 is 1.86 bits per heavy atom. The molecule has 0 aliphatic rings. The van der Waals surface area contributed by atoms with E-state index in [-0.39, 0.29) is 0 Å². The number of benzene rings is 1. The Balaban J connectivity index is 2.15. The van der Waals surface area contributed by atoms with Gasteiger partial charge in [-0.1, -0.05) is 31.9 Å². The molecule has 0 spiro atoms. The predicted molar refractivity (Wildman–Crippen MR) is 62.1 cm³/mol. The molecule has 0 radical (unpaired) electrons. The Hall–Kier alpha value is -1.02. The zero-order valence-corrected chi connectivity index (χ0v) is 8.92. The molecular weight excluding hydrogens is 172 g/mol. The monoisotopic (exact) mass is 192 g/mol. The van der Waals surface area contributed by atoms with E-state index >= 15 is 0 Å². The Morgan fingerprint density at radius 1 is 1.14 bits per heavy atom. The Bertz CT molecular complexity index is 241. The lowest BCUT2D eigenvalue weighted by atomic mass is 10.2. The molecule has 0 aromatic heterocycles. The summed E-state index contributed by atoms with van der Waals surface area (Å²) < 4.78 is 0. The average molecular weight is 192 g/mol. The van der Waals surface area contributed by atoms with Crippen molar-refractivity contribution in [1.29, 1.82) is 0 Å². The van der Waals surface area contributed by atoms with Gasteiger partial charge in [-0.3, -0.25) is 0 Å². The molecule has 0 aliphatic carbocycles. The van der Waals surface area contributed by atoms with Crippen LogP contribution in [0.4, 0.5) is 5.69 Å². The zero-order chi connectivity index (χ0) is 10.2. The van der Waals surface area contributed by atoms with Crippen LogP contribution in [0.2, 0.25) is 0 Å². The molecule has 2 nitrogen and oxygen atoms in total. The minimum Gasteiger partial charge on any atom is -0.399 e. The van der Waals surface area contributed by atoms with Crippen molar-refractivity contribution < 1.29 is 0 Å². The molecule has 0 saturated heterocycles. The summed E-state index contributed by atoms with van der Waals surface area (Å²) >= 11 is 0. The summed E-state index contributed by atoms with van der Waals surface area (Å²) in [6, 6.07) is 8.04. The quantitative estimate of drug-likeness (QED) is 0.537. The smallest absolute Gasteiger partial charge is 0.0314 e. The van der Waals surface area contributed by atoms with Gasteiger partial charge in [-0.15, -0.1) is 0 Å². The highest BCUT2D eigenvalue weighted by atomic mass is 14.8. The summed E-state index contributed by atoms with van der Waals surface area (Å²) in [7, 11) is 0. The maximum absolute atomic E-state index is 5.60. The van der Waals surface area contributed by atoms with Gasteiger partial charge in [0.1, 0.15) is 0 Å². The fraction of sp³-hybridized carbons (Fsp3) is 0.500. The van der Waals surface area contributed by atoms with E-state index in [1.54, 1.807) is 0 Å². The lowest BCUT2D eigenvalue weighted by Crippen LogP contribution is -2.14. The molecule has 78 valence electrons. The van der Waals surface area contributed by atoms with Crippen molar-refractivity contribution in [2.45, 2.75) is 32.7 Å². The van der Waals surface area contributed by atoms with Gasteiger partial charge in [-0.25, -0.2) is 0 Å². The molecule has 1 aromatic rings. The van der Waals surface area contributed by atoms with Crippen molar-refractivity contribution >= 4 is 5.69 Å². The number of unbranched alkanes of at least 4 members (excludes halogenated alkanes) is 2. The second kappa shape index (κ2) is 6.44. The number of rotatable bonds is 6. The van der Waals surface area contributed by atoms with Crippen LogP contribution in [-0.2, 0) is 6.54 Å². The van der Waals surface area contributed by atoms with Gasteiger partial charge in [0.25, 0.3) is 0 Å². The average Bonchev–Trinajstić information content (AvgIpc) is 2.21. The van der Waals surface area contributed by atoms with E-state index < -0.39 is 0 Å². The van der Waals surface area contributed by atoms with Gasteiger partial charge in [0.2, 0.25) is 0 Å². The number of anilines is 1. The van der Waals surface area contributed by atoms with Crippen LogP contribution in [-0.4, -0.2) is 6.54 Å². The minimum absolute atomic E-state index is 0.833. The number of nitrogen functional groups attached to an aromatic ring is 1. The molecule has 2 heteroatoms. The van der Waals surface area contributed by atoms with E-state index in [2.05, 4.69) is 24.4 Å². The molecule has 0 atom stereocenters. The SMILES string of the molecule is CCCCCNCc1ccc(N)cc1. The zero-order valence-electron chi connectivity index (χ0n) is 8.92. The van der Waals surface area contributed by atoms with Crippen LogP contribution in [0, 0.1) is 0 Å². The lowest BCUT2D eigenvalue weighted by molar-refractivity contribution is 0.617. The van der Waals surface area contributed by atoms with Crippen LogP contribution in [0.3, 0.4) is 0 Å². The first-order valence-electron chi connectivity index (χ1n) is 5.38. The Labute approximate surface area is 86.5 Å². The molecule has 3 N–H and O–H groups in total. The Kier molecular flexibility index (Phi) is 5.08. The van der Waals surface area contributed by atoms with Crippen molar-refractivity contribution in [2.75, 3.05) is 12.3 Å². The van der Waals surface area contributed by atoms with Crippen molar-refractivity contribution in [3.05, 3.63) is 29.8 Å². The molecular formula is C12H20N2. The van der Waals surface area contributed by atoms with E-state index in [4.69, 9.17) is 5.73 Å². The molecule has 0 aliphatic heterocycles. The summed E-state index contributed by atoms with van der Waals surface area (Å²) in [5.41, 5.74) is 7.74. The van der Waals surface area contributed by atoms with Crippen molar-refractivity contribution in [1.82, 2.24) is 5.32 Å². The largest absolute Gasteiger partial charge is 0.399 e. The summed E-state index contributed by atoms with van der Waals surface area (Å²) in [5.74, 6) is 0. The van der Waals surface area contributed by atoms with Crippen LogP contribution in [0.25, 0.3) is 0 Å². The fourth-order valence-corrected chi connectivity index (χ4v) is 1.37. The summed E-state index contributed by atoms with van der Waals surface area (Å²) in [5, 5.41) is 3.42. The first kappa shape index (κ1) is 11.1. The van der Waals surface area contributed by atoms with Gasteiger partial charge in [-0.05, 0) is 30.7 Å². The first-order valence-corrected chi connectivity index (χ1v) is 5.38. The highest BCUT2D eigenvalue weighted by Gasteiger charge is 1.91. The molecule has 0 saturated carbocycles. The predicted octanol–water partition coefficient (Wildman–Crippen LogP) is 2.55. The maximum atomic E-state index is 5.60. The fourth-order valence-electron chi connectivity index (χ4n) is 1.37. The number of nitrogens with two attached hydrogens (primary N) is 1. The molecule has 1 rings (SSSR count). The normalized spacial score (nSPS) is 10.4. The van der Waals surface area contributed by atoms with E-state index in [0.717, 1.165) is 18.8 Å². The van der Waals surface area contributed by atoms with Crippen molar-refractivity contribution in [3.8, 4) is 0 Å². The second-order valence-electron chi connectivity index (χ2n) is 3.63. The first-order chi connectivity index (χ1) is 6.83.